The molecule has 0 aromatic heterocycles. The van der Waals surface area contributed by atoms with Gasteiger partial charge in [-0.15, -0.1) is 12.3 Å². The minimum absolute atomic E-state index is 0.243. The minimum Gasteiger partial charge on any atom is -0.363 e. The summed E-state index contributed by atoms with van der Waals surface area (Å²) in [6, 6.07) is 0. The van der Waals surface area contributed by atoms with E-state index in [0.29, 0.717) is 18.4 Å². The quantitative estimate of drug-likeness (QED) is 0.0800. The van der Waals surface area contributed by atoms with Crippen molar-refractivity contribution in [3.8, 4) is 12.3 Å². The highest BCUT2D eigenvalue weighted by atomic mass is 32.3. The lowest BCUT2D eigenvalue weighted by Gasteiger charge is -1.95. The van der Waals surface area contributed by atoms with Crippen molar-refractivity contribution in [3.63, 3.8) is 0 Å². The summed E-state index contributed by atoms with van der Waals surface area (Å²) in [5, 5.41) is 10.4. The van der Waals surface area contributed by atoms with Gasteiger partial charge in [-0.3, -0.25) is 29.2 Å². The first-order valence-corrected chi connectivity index (χ1v) is 16.7. The third-order valence-corrected chi connectivity index (χ3v) is 5.78. The van der Waals surface area contributed by atoms with Crippen LogP contribution in [0.5, 0.6) is 0 Å². The van der Waals surface area contributed by atoms with Crippen molar-refractivity contribution in [1.82, 2.24) is 0 Å². The van der Waals surface area contributed by atoms with E-state index in [-0.39, 0.29) is 10.6 Å². The summed E-state index contributed by atoms with van der Waals surface area (Å²) in [5.41, 5.74) is 10.3. The summed E-state index contributed by atoms with van der Waals surface area (Å²) >= 11 is 0. The van der Waals surface area contributed by atoms with Gasteiger partial charge in [-0.2, -0.15) is 13.2 Å². The van der Waals surface area contributed by atoms with Crippen molar-refractivity contribution < 1.29 is 27.2 Å². The molecule has 0 spiro atoms. The van der Waals surface area contributed by atoms with E-state index in [1.54, 1.807) is 11.9 Å². The number of terminal acetylenes is 1. The molecule has 13 heteroatoms. The van der Waals surface area contributed by atoms with Crippen molar-refractivity contribution in [3.05, 3.63) is 39.6 Å². The molecule has 0 aromatic rings. The van der Waals surface area contributed by atoms with Crippen molar-refractivity contribution in [2.45, 2.75) is 58.2 Å². The number of rotatable bonds is 4. The van der Waals surface area contributed by atoms with Gasteiger partial charge in [0.05, 0.1) is 18.0 Å². The lowest BCUT2D eigenvalue weighted by atomic mass is 10.2. The van der Waals surface area contributed by atoms with Crippen LogP contribution in [0.1, 0.15) is 38.5 Å². The molecule has 11 nitrogen and oxygen atoms in total. The van der Waals surface area contributed by atoms with Crippen LogP contribution in [0.4, 0.5) is 0 Å². The second kappa shape index (κ2) is 14.7. The van der Waals surface area contributed by atoms with Crippen molar-refractivity contribution in [1.29, 1.82) is 0 Å². The third kappa shape index (κ3) is 16.8. The molecule has 0 atom stereocenters. The van der Waals surface area contributed by atoms with E-state index >= 15 is 0 Å². The van der Waals surface area contributed by atoms with Gasteiger partial charge in [-0.05, 0) is 44.6 Å². The maximum absolute atomic E-state index is 10.4. The lowest BCUT2D eigenvalue weighted by Crippen LogP contribution is -2.22. The molecule has 0 radical (unpaired) electrons. The van der Waals surface area contributed by atoms with E-state index in [4.69, 9.17) is 29.5 Å². The van der Waals surface area contributed by atoms with Crippen LogP contribution >= 0.6 is 0 Å². The molecule has 0 saturated heterocycles. The second-order valence-corrected chi connectivity index (χ2v) is 15.7. The first kappa shape index (κ1) is 31.3. The highest BCUT2D eigenvalue weighted by molar-refractivity contribution is 7.79. The fraction of sp³-hybridized carbons (Fsp3) is 0.609. The summed E-state index contributed by atoms with van der Waals surface area (Å²) in [5.74, 6) is 6.19. The molecule has 0 aromatic carbocycles. The Morgan fingerprint density at radius 3 is 1.97 bits per heavy atom. The van der Waals surface area contributed by atoms with Crippen molar-refractivity contribution in [2.75, 3.05) is 13.1 Å². The van der Waals surface area contributed by atoms with Gasteiger partial charge in [-0.1, -0.05) is 25.7 Å². The molecule has 0 unspecified atom stereocenters. The third-order valence-electron chi connectivity index (χ3n) is 4.89. The molecule has 5 aliphatic rings. The maximum atomic E-state index is 10.4. The zero-order chi connectivity index (χ0) is 27.4. The SMILES string of the molecule is C#CC1CC1.C1=CC(C2CC2)=NC1.C[Si](C)(C)C=[N+]=[N-].O=S(=O)(O)O.O=[N+]([O-])C1=CCN=C1C1CC1. The standard InChI is InChI=1S/C7H8N2O2.C7H9N.C5H6.C4H10N2Si.H2O4S/c10-9(11)6-3-4-8-7(6)5-1-2-5;1-2-7(8-5-1)6-3-4-6;1-2-5-3-4-5;1-7(2,3)4-6-5;1-5(2,3)4/h3,5H,1-2,4H2;1-2,6H,3-5H2;1,5H,3-4H2;4H,1-3H3;(H2,1,2,3,4). The molecule has 5 rings (SSSR count). The Bertz CT molecular complexity index is 1080. The minimum atomic E-state index is -4.67. The molecule has 0 amide bonds. The largest absolute Gasteiger partial charge is 0.394 e. The molecule has 2 heterocycles. The highest BCUT2D eigenvalue weighted by Gasteiger charge is 2.36. The van der Waals surface area contributed by atoms with Crippen LogP contribution in [-0.2, 0) is 10.4 Å². The lowest BCUT2D eigenvalue weighted by molar-refractivity contribution is -0.415. The van der Waals surface area contributed by atoms with Gasteiger partial charge >= 0.3 is 10.4 Å². The van der Waals surface area contributed by atoms with Crippen LogP contribution < -0.4 is 0 Å². The van der Waals surface area contributed by atoms with Gasteiger partial charge < -0.3 is 5.53 Å². The van der Waals surface area contributed by atoms with Crippen LogP contribution in [0.3, 0.4) is 0 Å². The van der Waals surface area contributed by atoms with E-state index in [1.165, 1.54) is 31.4 Å². The Morgan fingerprint density at radius 2 is 1.69 bits per heavy atom. The van der Waals surface area contributed by atoms with Gasteiger partial charge in [0.25, 0.3) is 5.70 Å². The molecular weight excluding hydrogens is 502 g/mol. The van der Waals surface area contributed by atoms with Gasteiger partial charge in [0.1, 0.15) is 5.71 Å². The number of nitro groups is 1. The topological polar surface area (TPSA) is 179 Å². The summed E-state index contributed by atoms with van der Waals surface area (Å²) in [7, 11) is -5.87. The number of hydrogen-bond donors (Lipinski definition) is 2. The van der Waals surface area contributed by atoms with Gasteiger partial charge in [0.15, 0.2) is 8.07 Å². The number of allylic oxidation sites excluding steroid dienone is 2. The smallest absolute Gasteiger partial charge is 0.363 e. The van der Waals surface area contributed by atoms with E-state index in [0.717, 1.165) is 31.0 Å². The Balaban J connectivity index is 0.000000234. The number of hydrogen-bond acceptors (Lipinski definition) is 6. The first-order chi connectivity index (χ1) is 16.7. The monoisotopic (exact) mass is 537 g/mol. The zero-order valence-corrected chi connectivity index (χ0v) is 22.8. The molecule has 3 aliphatic carbocycles. The van der Waals surface area contributed by atoms with Gasteiger partial charge in [0.2, 0.25) is 5.84 Å². The molecular formula is C23H35N5O6SSi. The van der Waals surface area contributed by atoms with E-state index in [2.05, 4.69) is 52.5 Å². The summed E-state index contributed by atoms with van der Waals surface area (Å²) in [6.07, 6.45) is 18.3. The van der Waals surface area contributed by atoms with Crippen LogP contribution in [0, 0.1) is 40.2 Å². The molecule has 36 heavy (non-hydrogen) atoms. The maximum Gasteiger partial charge on any atom is 0.394 e. The van der Waals surface area contributed by atoms with E-state index in [1.807, 2.05) is 0 Å². The molecule has 3 saturated carbocycles. The molecule has 3 fully saturated rings. The molecule has 198 valence electrons. The van der Waals surface area contributed by atoms with Gasteiger partial charge in [-0.25, -0.2) is 0 Å². The van der Waals surface area contributed by atoms with E-state index in [9.17, 15) is 10.1 Å². The average Bonchev–Trinajstić information content (AvgIpc) is 3.69. The summed E-state index contributed by atoms with van der Waals surface area (Å²) in [4.78, 5) is 21.4. The molecule has 0 bridgehead atoms. The predicted octanol–water partition coefficient (Wildman–Crippen LogP) is 3.96. The fourth-order valence-corrected chi connectivity index (χ4v) is 3.08. The Labute approximate surface area is 213 Å². The normalized spacial score (nSPS) is 19.4. The number of nitrogens with zero attached hydrogens (tertiary/aromatic N) is 5. The van der Waals surface area contributed by atoms with Crippen molar-refractivity contribution in [2.24, 2.45) is 27.7 Å². The first-order valence-electron chi connectivity index (χ1n) is 11.7. The average molecular weight is 538 g/mol. The van der Waals surface area contributed by atoms with Crippen LogP contribution in [0.25, 0.3) is 5.53 Å². The molecule has 2 N–H and O–H groups in total. The zero-order valence-electron chi connectivity index (χ0n) is 20.9. The fourth-order valence-electron chi connectivity index (χ4n) is 2.73. The summed E-state index contributed by atoms with van der Waals surface area (Å²) in [6.45, 7) is 7.75. The van der Waals surface area contributed by atoms with Crippen LogP contribution in [-0.4, -0.2) is 65.7 Å². The predicted molar refractivity (Wildman–Crippen MR) is 143 cm³/mol. The van der Waals surface area contributed by atoms with Crippen LogP contribution in [0.15, 0.2) is 33.9 Å². The summed E-state index contributed by atoms with van der Waals surface area (Å²) < 4.78 is 31.6. The molecule has 2 aliphatic heterocycles. The van der Waals surface area contributed by atoms with Gasteiger partial charge in [0, 0.05) is 29.5 Å². The van der Waals surface area contributed by atoms with Crippen molar-refractivity contribution >= 4 is 35.7 Å². The van der Waals surface area contributed by atoms with Crippen LogP contribution in [0.2, 0.25) is 19.6 Å². The second-order valence-electron chi connectivity index (χ2n) is 9.79. The Morgan fingerprint density at radius 1 is 1.14 bits per heavy atom. The number of aliphatic imine (C=N–C) groups is 2. The van der Waals surface area contributed by atoms with E-state index < -0.39 is 18.5 Å². The highest BCUT2D eigenvalue weighted by Crippen LogP contribution is 2.35. The Kier molecular flexibility index (Phi) is 12.8. The Hall–Kier alpha value is -2.75.